The summed E-state index contributed by atoms with van der Waals surface area (Å²) in [5.74, 6) is -3.07. The number of rotatable bonds is 5. The normalized spacial score (nSPS) is 29.1. The molecule has 0 amide bonds. The van der Waals surface area contributed by atoms with E-state index in [-0.39, 0.29) is 5.84 Å². The number of para-hydroxylation sites is 1. The van der Waals surface area contributed by atoms with Gasteiger partial charge in [-0.05, 0) is 18.2 Å². The average Bonchev–Trinajstić information content (AvgIpc) is 3.02. The maximum absolute atomic E-state index is 14.7. The molecule has 1 saturated heterocycles. The number of nitrogens with two attached hydrogens (primary N) is 2. The van der Waals surface area contributed by atoms with Crippen molar-refractivity contribution in [2.45, 2.75) is 37.4 Å². The minimum Gasteiger partial charge on any atom is -0.402 e. The third-order valence-electron chi connectivity index (χ3n) is 5.49. The molecule has 0 saturated carbocycles. The van der Waals surface area contributed by atoms with Crippen molar-refractivity contribution in [3.05, 3.63) is 53.9 Å². The Morgan fingerprint density at radius 3 is 2.81 bits per heavy atom. The van der Waals surface area contributed by atoms with Gasteiger partial charge < -0.3 is 26.2 Å². The fraction of sp³-hybridized carbons (Fsp3) is 0.429. The Morgan fingerprint density at radius 1 is 1.29 bits per heavy atom. The number of amidine groups is 1. The Bertz CT molecular complexity index is 918. The molecule has 10 heteroatoms. The summed E-state index contributed by atoms with van der Waals surface area (Å²) in [7, 11) is 0. The second-order valence-corrected chi connectivity index (χ2v) is 7.87. The van der Waals surface area contributed by atoms with Crippen LogP contribution in [0.1, 0.15) is 12.8 Å². The van der Waals surface area contributed by atoms with Crippen LogP contribution in [0.5, 0.6) is 0 Å². The lowest BCUT2D eigenvalue weighted by atomic mass is 10.1. The molecule has 0 bridgehead atoms. The highest BCUT2D eigenvalue weighted by molar-refractivity contribution is 5.91. The molecule has 8 nitrogen and oxygen atoms in total. The van der Waals surface area contributed by atoms with Crippen LogP contribution in [0.2, 0.25) is 0 Å². The Kier molecular flexibility index (Phi) is 6.03. The molecule has 1 unspecified atom stereocenters. The molecular weight excluding hydrogens is 406 g/mol. The Balaban J connectivity index is 1.38. The largest absolute Gasteiger partial charge is 0.402 e. The molecule has 3 aliphatic heterocycles. The van der Waals surface area contributed by atoms with Crippen molar-refractivity contribution < 1.29 is 18.6 Å². The van der Waals surface area contributed by atoms with E-state index in [1.54, 1.807) is 6.21 Å². The van der Waals surface area contributed by atoms with E-state index in [1.807, 2.05) is 35.2 Å². The van der Waals surface area contributed by atoms with E-state index in [0.29, 0.717) is 26.1 Å². The minimum absolute atomic E-state index is 0.0732. The topological polar surface area (TPSA) is 113 Å². The van der Waals surface area contributed by atoms with E-state index < -0.39 is 31.0 Å². The summed E-state index contributed by atoms with van der Waals surface area (Å²) >= 11 is 0. The van der Waals surface area contributed by atoms with Gasteiger partial charge >= 0.3 is 0 Å². The van der Waals surface area contributed by atoms with Crippen LogP contribution in [0, 0.1) is 0 Å². The summed E-state index contributed by atoms with van der Waals surface area (Å²) in [5.41, 5.74) is 14.1. The van der Waals surface area contributed by atoms with Crippen molar-refractivity contribution in [1.82, 2.24) is 9.80 Å². The predicted octanol–water partition coefficient (Wildman–Crippen LogP) is 1.52. The minimum atomic E-state index is -3.14. The summed E-state index contributed by atoms with van der Waals surface area (Å²) in [4.78, 5) is 11.2. The molecule has 3 heterocycles. The number of hydrogen-bond donors (Lipinski definition) is 3. The molecule has 166 valence electrons. The number of aliphatic imine (C=N–C) groups is 2. The van der Waals surface area contributed by atoms with E-state index in [2.05, 4.69) is 9.98 Å². The lowest BCUT2D eigenvalue weighted by Gasteiger charge is -2.34. The van der Waals surface area contributed by atoms with Crippen LogP contribution in [-0.2, 0) is 4.74 Å². The van der Waals surface area contributed by atoms with Crippen molar-refractivity contribution in [3.63, 3.8) is 0 Å². The van der Waals surface area contributed by atoms with E-state index in [0.717, 1.165) is 21.9 Å². The highest BCUT2D eigenvalue weighted by atomic mass is 19.3. The Hall–Kier alpha value is -2.82. The molecular formula is C21H26F2N6O2. The highest BCUT2D eigenvalue weighted by Gasteiger charge is 2.54. The molecule has 1 aromatic rings. The summed E-state index contributed by atoms with van der Waals surface area (Å²) in [5, 5.41) is 10.0. The molecule has 0 spiro atoms. The van der Waals surface area contributed by atoms with Gasteiger partial charge in [0.1, 0.15) is 5.84 Å². The second-order valence-electron chi connectivity index (χ2n) is 7.87. The predicted molar refractivity (Wildman–Crippen MR) is 114 cm³/mol. The van der Waals surface area contributed by atoms with Gasteiger partial charge in [0, 0.05) is 56.2 Å². The van der Waals surface area contributed by atoms with Gasteiger partial charge in [-0.15, -0.1) is 0 Å². The van der Waals surface area contributed by atoms with Crippen molar-refractivity contribution in [2.75, 3.05) is 19.6 Å². The zero-order valence-corrected chi connectivity index (χ0v) is 16.9. The van der Waals surface area contributed by atoms with Crippen LogP contribution in [0.15, 0.2) is 63.9 Å². The number of aliphatic hydroxyl groups excluding tert-OH is 1. The molecule has 5 N–H and O–H groups in total. The zero-order chi connectivity index (χ0) is 22.0. The first-order valence-corrected chi connectivity index (χ1v) is 10.1. The molecule has 0 aromatic heterocycles. The van der Waals surface area contributed by atoms with Gasteiger partial charge in [-0.3, -0.25) is 9.89 Å². The van der Waals surface area contributed by atoms with Gasteiger partial charge in [0.25, 0.3) is 5.92 Å². The zero-order valence-electron chi connectivity index (χ0n) is 16.9. The third-order valence-corrected chi connectivity index (χ3v) is 5.49. The fourth-order valence-electron chi connectivity index (χ4n) is 3.91. The average molecular weight is 432 g/mol. The van der Waals surface area contributed by atoms with Crippen LogP contribution in [0.25, 0.3) is 0 Å². The van der Waals surface area contributed by atoms with Crippen LogP contribution < -0.4 is 11.5 Å². The number of benzene rings is 1. The quantitative estimate of drug-likeness (QED) is 0.608. The molecule has 31 heavy (non-hydrogen) atoms. The summed E-state index contributed by atoms with van der Waals surface area (Å²) < 4.78 is 35.0. The van der Waals surface area contributed by atoms with Gasteiger partial charge in [0.05, 0.1) is 11.8 Å². The van der Waals surface area contributed by atoms with E-state index in [9.17, 15) is 13.9 Å². The van der Waals surface area contributed by atoms with E-state index in [1.165, 1.54) is 12.3 Å². The second kappa shape index (κ2) is 8.74. The van der Waals surface area contributed by atoms with Crippen LogP contribution in [-0.4, -0.2) is 71.2 Å². The van der Waals surface area contributed by atoms with Crippen molar-refractivity contribution >= 4 is 17.7 Å². The van der Waals surface area contributed by atoms with Gasteiger partial charge in [-0.25, -0.2) is 13.8 Å². The van der Waals surface area contributed by atoms with Gasteiger partial charge in [-0.1, -0.05) is 18.2 Å². The fourth-order valence-corrected chi connectivity index (χ4v) is 3.91. The Labute approximate surface area is 179 Å². The lowest BCUT2D eigenvalue weighted by molar-refractivity contribution is -0.175. The van der Waals surface area contributed by atoms with Crippen molar-refractivity contribution in [2.24, 2.45) is 21.5 Å². The molecule has 0 radical (unpaired) electrons. The number of alkyl halides is 2. The standard InChI is InChI=1S/C21H26F2N6O2/c22-21(23)10-16(31-19(21)29-9-7-18(25)27-20(29)30)13-28-8-6-17(24)14(12-28)11-26-15-4-2-1-3-5-15/h1-5,7,9,11,16,19-20,30H,6,8,10,12-13,24H2,(H2,25,27)/t16-,19+,20?/m0/s1. The molecule has 1 fully saturated rings. The van der Waals surface area contributed by atoms with Gasteiger partial charge in [0.2, 0.25) is 6.35 Å². The van der Waals surface area contributed by atoms with E-state index >= 15 is 0 Å². The first kappa shape index (κ1) is 21.4. The summed E-state index contributed by atoms with van der Waals surface area (Å²) in [6, 6.07) is 9.51. The maximum Gasteiger partial charge on any atom is 0.294 e. The number of nitrogens with zero attached hydrogens (tertiary/aromatic N) is 4. The first-order chi connectivity index (χ1) is 14.8. The summed E-state index contributed by atoms with van der Waals surface area (Å²) in [6.07, 6.45) is 0.758. The van der Waals surface area contributed by atoms with E-state index in [4.69, 9.17) is 16.2 Å². The van der Waals surface area contributed by atoms with Crippen LogP contribution in [0.4, 0.5) is 14.5 Å². The summed E-state index contributed by atoms with van der Waals surface area (Å²) in [6.45, 7) is 1.48. The number of hydrogen-bond acceptors (Lipinski definition) is 8. The lowest BCUT2D eigenvalue weighted by Crippen LogP contribution is -2.49. The van der Waals surface area contributed by atoms with Crippen LogP contribution >= 0.6 is 0 Å². The Morgan fingerprint density at radius 2 is 2.06 bits per heavy atom. The SMILES string of the molecule is NC1=NC(O)N([C@@H]2O[C@H](CN3CCC(N)=C(C=Nc4ccccc4)C3)CC2(F)F)C=C1. The monoisotopic (exact) mass is 432 g/mol. The number of aliphatic hydroxyl groups is 1. The highest BCUT2D eigenvalue weighted by Crippen LogP contribution is 2.39. The molecule has 0 aliphatic carbocycles. The van der Waals surface area contributed by atoms with Crippen molar-refractivity contribution in [1.29, 1.82) is 0 Å². The molecule has 4 rings (SSSR count). The van der Waals surface area contributed by atoms with Gasteiger partial charge in [0.15, 0.2) is 6.23 Å². The smallest absolute Gasteiger partial charge is 0.294 e. The van der Waals surface area contributed by atoms with Crippen LogP contribution in [0.3, 0.4) is 0 Å². The molecule has 1 aromatic carbocycles. The molecule has 3 aliphatic rings. The number of ether oxygens (including phenoxy) is 1. The number of halogens is 2. The molecule has 3 atom stereocenters. The maximum atomic E-state index is 14.7. The third kappa shape index (κ3) is 4.92. The van der Waals surface area contributed by atoms with Crippen molar-refractivity contribution in [3.8, 4) is 0 Å². The first-order valence-electron chi connectivity index (χ1n) is 10.1. The van der Waals surface area contributed by atoms with Gasteiger partial charge in [-0.2, -0.15) is 0 Å².